The van der Waals surface area contributed by atoms with Crippen molar-refractivity contribution in [2.45, 2.75) is 18.9 Å². The Hall–Kier alpha value is -0.990. The van der Waals surface area contributed by atoms with E-state index in [1.807, 2.05) is 36.4 Å². The third-order valence-corrected chi connectivity index (χ3v) is 3.95. The van der Waals surface area contributed by atoms with Crippen LogP contribution in [0.3, 0.4) is 0 Å². The Morgan fingerprint density at radius 2 is 1.89 bits per heavy atom. The van der Waals surface area contributed by atoms with Crippen LogP contribution in [-0.4, -0.2) is 0 Å². The fraction of sp³-hybridized carbons (Fsp3) is 0.200. The monoisotopic (exact) mass is 322 g/mol. The minimum atomic E-state index is 0.135. The lowest BCUT2D eigenvalue weighted by Crippen LogP contribution is -2.14. The number of rotatable bonds is 1. The normalized spacial score (nSPS) is 18.0. The Labute approximate surface area is 120 Å². The van der Waals surface area contributed by atoms with Crippen molar-refractivity contribution in [3.63, 3.8) is 0 Å². The van der Waals surface area contributed by atoms with E-state index in [1.54, 1.807) is 0 Å². The molecule has 2 aromatic rings. The molecule has 92 valence electrons. The van der Waals surface area contributed by atoms with Gasteiger partial charge in [-0.15, -0.1) is 0 Å². The van der Waals surface area contributed by atoms with Crippen LogP contribution in [0.25, 0.3) is 0 Å². The summed E-state index contributed by atoms with van der Waals surface area (Å²) in [5, 5.41) is 0.763. The minimum Gasteiger partial charge on any atom is -0.485 e. The molecular weight excluding hydrogens is 312 g/mol. The van der Waals surface area contributed by atoms with Crippen molar-refractivity contribution < 1.29 is 4.74 Å². The van der Waals surface area contributed by atoms with E-state index in [-0.39, 0.29) is 6.10 Å². The number of aryl methyl sites for hydroxylation is 1. The summed E-state index contributed by atoms with van der Waals surface area (Å²) in [6.07, 6.45) is 2.18. The summed E-state index contributed by atoms with van der Waals surface area (Å²) in [7, 11) is 0. The van der Waals surface area contributed by atoms with Gasteiger partial charge in [0, 0.05) is 9.50 Å². The first kappa shape index (κ1) is 12.1. The lowest BCUT2D eigenvalue weighted by molar-refractivity contribution is 0.176. The predicted molar refractivity (Wildman–Crippen MR) is 77.3 cm³/mol. The molecule has 1 unspecified atom stereocenters. The van der Waals surface area contributed by atoms with Gasteiger partial charge < -0.3 is 4.74 Å². The average molecular weight is 324 g/mol. The van der Waals surface area contributed by atoms with Crippen LogP contribution in [0, 0.1) is 0 Å². The second-order valence-corrected chi connectivity index (χ2v) is 5.80. The summed E-state index contributed by atoms with van der Waals surface area (Å²) in [4.78, 5) is 0. The Balaban J connectivity index is 1.86. The summed E-state index contributed by atoms with van der Waals surface area (Å²) < 4.78 is 7.16. The minimum absolute atomic E-state index is 0.135. The molecular formula is C15H12BrClO. The molecule has 1 heterocycles. The van der Waals surface area contributed by atoms with Crippen molar-refractivity contribution in [2.24, 2.45) is 0 Å². The molecule has 0 bridgehead atoms. The van der Waals surface area contributed by atoms with Crippen molar-refractivity contribution >= 4 is 27.5 Å². The molecule has 0 saturated heterocycles. The van der Waals surface area contributed by atoms with Crippen molar-refractivity contribution in [3.05, 3.63) is 63.1 Å². The Kier molecular flexibility index (Phi) is 3.31. The van der Waals surface area contributed by atoms with Gasteiger partial charge in [0.25, 0.3) is 0 Å². The highest BCUT2D eigenvalue weighted by molar-refractivity contribution is 9.10. The molecule has 0 saturated carbocycles. The van der Waals surface area contributed by atoms with Crippen LogP contribution in [0.5, 0.6) is 5.75 Å². The van der Waals surface area contributed by atoms with Crippen molar-refractivity contribution in [1.29, 1.82) is 0 Å². The van der Waals surface area contributed by atoms with Gasteiger partial charge in [-0.1, -0.05) is 39.7 Å². The van der Waals surface area contributed by atoms with E-state index >= 15 is 0 Å². The highest BCUT2D eigenvalue weighted by atomic mass is 79.9. The van der Waals surface area contributed by atoms with Gasteiger partial charge in [0.05, 0.1) is 0 Å². The molecule has 1 aliphatic rings. The molecule has 1 atom stereocenters. The highest BCUT2D eigenvalue weighted by Crippen LogP contribution is 2.36. The second-order valence-electron chi connectivity index (χ2n) is 4.45. The topological polar surface area (TPSA) is 9.23 Å². The molecule has 0 aromatic heterocycles. The zero-order chi connectivity index (χ0) is 12.5. The maximum absolute atomic E-state index is 6.05. The van der Waals surface area contributed by atoms with Gasteiger partial charge in [0.15, 0.2) is 0 Å². The van der Waals surface area contributed by atoms with Gasteiger partial charge in [-0.2, -0.15) is 0 Å². The predicted octanol–water partition coefficient (Wildman–Crippen LogP) is 5.17. The maximum atomic E-state index is 6.05. The quantitative estimate of drug-likeness (QED) is 0.703. The number of fused-ring (bicyclic) bond motifs is 1. The summed E-state index contributed by atoms with van der Waals surface area (Å²) in [6.45, 7) is 0. The van der Waals surface area contributed by atoms with Crippen LogP contribution in [-0.2, 0) is 6.42 Å². The lowest BCUT2D eigenvalue weighted by Gasteiger charge is -2.26. The van der Waals surface area contributed by atoms with Crippen LogP contribution in [0.1, 0.15) is 23.7 Å². The van der Waals surface area contributed by atoms with Crippen LogP contribution >= 0.6 is 27.5 Å². The van der Waals surface area contributed by atoms with Gasteiger partial charge in [-0.05, 0) is 54.3 Å². The fourth-order valence-corrected chi connectivity index (χ4v) is 2.80. The summed E-state index contributed by atoms with van der Waals surface area (Å²) in [5.41, 5.74) is 2.46. The second kappa shape index (κ2) is 4.94. The summed E-state index contributed by atoms with van der Waals surface area (Å²) in [5.74, 6) is 0.990. The first-order valence-corrected chi connectivity index (χ1v) is 7.10. The summed E-state index contributed by atoms with van der Waals surface area (Å²) >= 11 is 9.39. The molecule has 18 heavy (non-hydrogen) atoms. The number of hydrogen-bond acceptors (Lipinski definition) is 1. The van der Waals surface area contributed by atoms with E-state index in [9.17, 15) is 0 Å². The SMILES string of the molecule is Clc1ccc(C2CCc3cc(Br)ccc3O2)cc1. The van der Waals surface area contributed by atoms with E-state index in [4.69, 9.17) is 16.3 Å². The third-order valence-electron chi connectivity index (χ3n) is 3.21. The van der Waals surface area contributed by atoms with Gasteiger partial charge in [-0.25, -0.2) is 0 Å². The van der Waals surface area contributed by atoms with E-state index in [0.717, 1.165) is 28.1 Å². The lowest BCUT2D eigenvalue weighted by atomic mass is 9.97. The van der Waals surface area contributed by atoms with Crippen molar-refractivity contribution in [2.75, 3.05) is 0 Å². The molecule has 3 heteroatoms. The van der Waals surface area contributed by atoms with Crippen molar-refractivity contribution in [1.82, 2.24) is 0 Å². The van der Waals surface area contributed by atoms with Crippen LogP contribution in [0.4, 0.5) is 0 Å². The van der Waals surface area contributed by atoms with Crippen molar-refractivity contribution in [3.8, 4) is 5.75 Å². The Morgan fingerprint density at radius 1 is 1.11 bits per heavy atom. The van der Waals surface area contributed by atoms with Gasteiger partial charge in [-0.3, -0.25) is 0 Å². The zero-order valence-electron chi connectivity index (χ0n) is 9.70. The van der Waals surface area contributed by atoms with E-state index in [0.29, 0.717) is 0 Å². The Morgan fingerprint density at radius 3 is 2.67 bits per heavy atom. The standard InChI is InChI=1S/C15H12BrClO/c16-12-4-8-15-11(9-12)3-7-14(18-15)10-1-5-13(17)6-2-10/h1-2,4-6,8-9,14H,3,7H2. The molecule has 3 rings (SSSR count). The number of benzene rings is 2. The van der Waals surface area contributed by atoms with Gasteiger partial charge in [0.1, 0.15) is 11.9 Å². The van der Waals surface area contributed by atoms with E-state index in [2.05, 4.69) is 22.0 Å². The third kappa shape index (κ3) is 2.40. The van der Waals surface area contributed by atoms with Gasteiger partial charge in [0.2, 0.25) is 0 Å². The number of hydrogen-bond donors (Lipinski definition) is 0. The zero-order valence-corrected chi connectivity index (χ0v) is 12.0. The highest BCUT2D eigenvalue weighted by Gasteiger charge is 2.21. The maximum Gasteiger partial charge on any atom is 0.124 e. The van der Waals surface area contributed by atoms with Crippen LogP contribution in [0.15, 0.2) is 46.9 Å². The molecule has 0 amide bonds. The molecule has 2 aromatic carbocycles. The molecule has 0 spiro atoms. The molecule has 1 aliphatic heterocycles. The molecule has 0 N–H and O–H groups in total. The van der Waals surface area contributed by atoms with Crippen LogP contribution < -0.4 is 4.74 Å². The Bertz CT molecular complexity index is 565. The number of ether oxygens (including phenoxy) is 1. The molecule has 0 fully saturated rings. The first-order valence-electron chi connectivity index (χ1n) is 5.93. The molecule has 0 radical (unpaired) electrons. The fourth-order valence-electron chi connectivity index (χ4n) is 2.27. The largest absolute Gasteiger partial charge is 0.485 e. The smallest absolute Gasteiger partial charge is 0.124 e. The summed E-state index contributed by atoms with van der Waals surface area (Å²) in [6, 6.07) is 14.1. The molecule has 1 nitrogen and oxygen atoms in total. The van der Waals surface area contributed by atoms with E-state index < -0.39 is 0 Å². The van der Waals surface area contributed by atoms with Crippen LogP contribution in [0.2, 0.25) is 5.02 Å². The first-order chi connectivity index (χ1) is 8.72. The van der Waals surface area contributed by atoms with E-state index in [1.165, 1.54) is 11.1 Å². The molecule has 0 aliphatic carbocycles. The van der Waals surface area contributed by atoms with Gasteiger partial charge >= 0.3 is 0 Å². The number of halogens is 2. The average Bonchev–Trinajstić information content (AvgIpc) is 2.39.